The third kappa shape index (κ3) is 2.65. The molecule has 112 valence electrons. The summed E-state index contributed by atoms with van der Waals surface area (Å²) in [6.07, 6.45) is 5.33. The number of hydrogen-bond acceptors (Lipinski definition) is 4. The maximum Gasteiger partial charge on any atom is 0.336 e. The minimum absolute atomic E-state index is 0.114. The molecule has 22 heavy (non-hydrogen) atoms. The van der Waals surface area contributed by atoms with Gasteiger partial charge >= 0.3 is 5.97 Å². The van der Waals surface area contributed by atoms with E-state index in [1.807, 2.05) is 43.5 Å². The number of fused-ring (bicyclic) bond motifs is 1. The van der Waals surface area contributed by atoms with Crippen LogP contribution in [0.3, 0.4) is 0 Å². The number of aromatic nitrogens is 3. The number of carboxylic acids is 1. The highest BCUT2D eigenvalue weighted by Crippen LogP contribution is 2.22. The first-order valence-electron chi connectivity index (χ1n) is 6.89. The van der Waals surface area contributed by atoms with Gasteiger partial charge in [-0.25, -0.2) is 14.5 Å². The summed E-state index contributed by atoms with van der Waals surface area (Å²) >= 11 is 1.62. The van der Waals surface area contributed by atoms with E-state index in [2.05, 4.69) is 10.1 Å². The molecule has 5 nitrogen and oxygen atoms in total. The van der Waals surface area contributed by atoms with Crippen molar-refractivity contribution < 1.29 is 9.90 Å². The second-order valence-corrected chi connectivity index (χ2v) is 6.15. The molecule has 0 unspecified atom stereocenters. The fourth-order valence-electron chi connectivity index (χ4n) is 2.23. The van der Waals surface area contributed by atoms with Crippen LogP contribution in [0.25, 0.3) is 23.2 Å². The van der Waals surface area contributed by atoms with E-state index in [1.165, 1.54) is 0 Å². The van der Waals surface area contributed by atoms with E-state index in [4.69, 9.17) is 0 Å². The third-order valence-corrected chi connectivity index (χ3v) is 4.11. The van der Waals surface area contributed by atoms with E-state index >= 15 is 0 Å². The molecule has 0 spiro atoms. The van der Waals surface area contributed by atoms with Crippen LogP contribution in [-0.2, 0) is 0 Å². The van der Waals surface area contributed by atoms with Crippen molar-refractivity contribution in [2.24, 2.45) is 0 Å². The predicted molar refractivity (Wildman–Crippen MR) is 88.1 cm³/mol. The van der Waals surface area contributed by atoms with Crippen LogP contribution in [0.2, 0.25) is 0 Å². The Labute approximate surface area is 131 Å². The van der Waals surface area contributed by atoms with Gasteiger partial charge in [-0.3, -0.25) is 0 Å². The van der Waals surface area contributed by atoms with Gasteiger partial charge in [0.25, 0.3) is 0 Å². The van der Waals surface area contributed by atoms with Gasteiger partial charge in [0.2, 0.25) is 0 Å². The molecule has 3 heterocycles. The van der Waals surface area contributed by atoms with Gasteiger partial charge < -0.3 is 5.11 Å². The Bertz CT molecular complexity index is 848. The molecular weight excluding hydrogens is 298 g/mol. The molecule has 3 aromatic rings. The zero-order chi connectivity index (χ0) is 15.7. The summed E-state index contributed by atoms with van der Waals surface area (Å²) in [7, 11) is 0. The van der Waals surface area contributed by atoms with Crippen LogP contribution in [0.15, 0.2) is 29.8 Å². The smallest absolute Gasteiger partial charge is 0.336 e. The van der Waals surface area contributed by atoms with Gasteiger partial charge in [0, 0.05) is 10.9 Å². The maximum absolute atomic E-state index is 11.5. The summed E-state index contributed by atoms with van der Waals surface area (Å²) in [6, 6.07) is 5.66. The Balaban J connectivity index is 2.14. The van der Waals surface area contributed by atoms with Gasteiger partial charge in [-0.15, -0.1) is 11.3 Å². The van der Waals surface area contributed by atoms with Gasteiger partial charge in [0.05, 0.1) is 22.8 Å². The lowest BCUT2D eigenvalue weighted by Gasteiger charge is -2.07. The van der Waals surface area contributed by atoms with Gasteiger partial charge in [0.15, 0.2) is 5.65 Å². The van der Waals surface area contributed by atoms with Crippen LogP contribution in [0.1, 0.15) is 40.8 Å². The van der Waals surface area contributed by atoms with Crippen molar-refractivity contribution in [3.05, 3.63) is 45.9 Å². The van der Waals surface area contributed by atoms with Crippen LogP contribution in [0, 0.1) is 0 Å². The Morgan fingerprint density at radius 2 is 2.23 bits per heavy atom. The number of aromatic carboxylic acids is 1. The molecule has 3 aromatic heterocycles. The number of carboxylic acid groups (broad SMARTS) is 1. The van der Waals surface area contributed by atoms with E-state index in [1.54, 1.807) is 28.3 Å². The van der Waals surface area contributed by atoms with E-state index < -0.39 is 5.97 Å². The van der Waals surface area contributed by atoms with Gasteiger partial charge in [0.1, 0.15) is 0 Å². The number of hydrogen-bond donors (Lipinski definition) is 1. The van der Waals surface area contributed by atoms with E-state index in [0.29, 0.717) is 16.7 Å². The molecular formula is C16H15N3O2S. The summed E-state index contributed by atoms with van der Waals surface area (Å²) in [5.41, 5.74) is 1.43. The molecule has 0 atom stereocenters. The molecule has 0 fully saturated rings. The zero-order valence-electron chi connectivity index (χ0n) is 12.2. The first-order chi connectivity index (χ1) is 10.6. The molecule has 0 aliphatic heterocycles. The molecule has 0 aliphatic carbocycles. The second-order valence-electron chi connectivity index (χ2n) is 5.17. The maximum atomic E-state index is 11.5. The number of thiophene rings is 1. The number of carbonyl (C=O) groups is 1. The molecule has 6 heteroatoms. The quantitative estimate of drug-likeness (QED) is 0.792. The lowest BCUT2D eigenvalue weighted by molar-refractivity contribution is 0.0699. The molecule has 0 radical (unpaired) electrons. The molecule has 0 bridgehead atoms. The van der Waals surface area contributed by atoms with Gasteiger partial charge in [-0.2, -0.15) is 5.10 Å². The molecule has 1 N–H and O–H groups in total. The van der Waals surface area contributed by atoms with Crippen molar-refractivity contribution in [1.29, 1.82) is 0 Å². The first kappa shape index (κ1) is 14.5. The van der Waals surface area contributed by atoms with E-state index in [0.717, 1.165) is 4.88 Å². The Morgan fingerprint density at radius 3 is 2.86 bits per heavy atom. The van der Waals surface area contributed by atoms with Crippen LogP contribution in [-0.4, -0.2) is 25.8 Å². The lowest BCUT2D eigenvalue weighted by Crippen LogP contribution is -2.05. The van der Waals surface area contributed by atoms with Gasteiger partial charge in [-0.1, -0.05) is 6.07 Å². The highest BCUT2D eigenvalue weighted by Gasteiger charge is 2.16. The van der Waals surface area contributed by atoms with Crippen molar-refractivity contribution in [3.63, 3.8) is 0 Å². The molecule has 0 aromatic carbocycles. The Morgan fingerprint density at radius 1 is 1.41 bits per heavy atom. The standard InChI is InChI=1S/C16H15N3O2S/c1-10(2)19-15-14(9-17-19)13(16(20)21)8-11(18-15)5-6-12-4-3-7-22-12/h3-10H,1-2H3,(H,20,21)/b6-5+. The van der Waals surface area contributed by atoms with Crippen molar-refractivity contribution in [3.8, 4) is 0 Å². The molecule has 0 amide bonds. The van der Waals surface area contributed by atoms with Crippen molar-refractivity contribution in [2.75, 3.05) is 0 Å². The van der Waals surface area contributed by atoms with Crippen molar-refractivity contribution in [1.82, 2.24) is 14.8 Å². The number of rotatable bonds is 4. The number of pyridine rings is 1. The minimum atomic E-state index is -0.971. The predicted octanol–water partition coefficient (Wildman–Crippen LogP) is 3.94. The largest absolute Gasteiger partial charge is 0.478 e. The first-order valence-corrected chi connectivity index (χ1v) is 7.77. The lowest BCUT2D eigenvalue weighted by atomic mass is 10.1. The van der Waals surface area contributed by atoms with Crippen LogP contribution in [0.4, 0.5) is 0 Å². The Hall–Kier alpha value is -2.47. The summed E-state index contributed by atoms with van der Waals surface area (Å²) in [4.78, 5) is 17.1. The van der Waals surface area contributed by atoms with Crippen LogP contribution >= 0.6 is 11.3 Å². The highest BCUT2D eigenvalue weighted by molar-refractivity contribution is 7.10. The summed E-state index contributed by atoms with van der Waals surface area (Å²) < 4.78 is 1.74. The van der Waals surface area contributed by atoms with Crippen molar-refractivity contribution >= 4 is 40.5 Å². The molecule has 0 saturated heterocycles. The molecule has 0 aliphatic rings. The van der Waals surface area contributed by atoms with Crippen LogP contribution in [0.5, 0.6) is 0 Å². The monoisotopic (exact) mass is 313 g/mol. The van der Waals surface area contributed by atoms with Gasteiger partial charge in [-0.05, 0) is 43.5 Å². The fourth-order valence-corrected chi connectivity index (χ4v) is 2.85. The average Bonchev–Trinajstić information content (AvgIpc) is 3.13. The topological polar surface area (TPSA) is 68.0 Å². The molecule has 0 saturated carbocycles. The average molecular weight is 313 g/mol. The summed E-state index contributed by atoms with van der Waals surface area (Å²) in [6.45, 7) is 3.98. The van der Waals surface area contributed by atoms with Crippen LogP contribution < -0.4 is 0 Å². The molecule has 3 rings (SSSR count). The minimum Gasteiger partial charge on any atom is -0.478 e. The highest BCUT2D eigenvalue weighted by atomic mass is 32.1. The zero-order valence-corrected chi connectivity index (χ0v) is 13.0. The van der Waals surface area contributed by atoms with E-state index in [9.17, 15) is 9.90 Å². The summed E-state index contributed by atoms with van der Waals surface area (Å²) in [5.74, 6) is -0.971. The van der Waals surface area contributed by atoms with E-state index in [-0.39, 0.29) is 11.6 Å². The second kappa shape index (κ2) is 5.73. The Kier molecular flexibility index (Phi) is 3.77. The summed E-state index contributed by atoms with van der Waals surface area (Å²) in [5, 5.41) is 16.2. The normalized spacial score (nSPS) is 11.8. The third-order valence-electron chi connectivity index (χ3n) is 3.27. The fraction of sp³-hybridized carbons (Fsp3) is 0.188. The van der Waals surface area contributed by atoms with Crippen molar-refractivity contribution in [2.45, 2.75) is 19.9 Å². The number of nitrogens with zero attached hydrogens (tertiary/aromatic N) is 3. The SMILES string of the molecule is CC(C)n1ncc2c(C(=O)O)cc(/C=C/c3cccs3)nc21.